The van der Waals surface area contributed by atoms with E-state index < -0.39 is 10.0 Å². The lowest BCUT2D eigenvalue weighted by Gasteiger charge is -2.24. The number of benzene rings is 2. The summed E-state index contributed by atoms with van der Waals surface area (Å²) in [7, 11) is -1.90. The van der Waals surface area contributed by atoms with Gasteiger partial charge in [-0.1, -0.05) is 29.8 Å². The lowest BCUT2D eigenvalue weighted by atomic mass is 10.1. The molecule has 0 fully saturated rings. The molecule has 164 valence electrons. The molecule has 2 aromatic carbocycles. The molecule has 0 aliphatic rings. The van der Waals surface area contributed by atoms with Crippen molar-refractivity contribution in [3.05, 3.63) is 71.4 Å². The van der Waals surface area contributed by atoms with Crippen molar-refractivity contribution in [2.24, 2.45) is 5.14 Å². The first-order valence-corrected chi connectivity index (χ1v) is 11.4. The Hall–Kier alpha value is -3.01. The Morgan fingerprint density at radius 1 is 1.13 bits per heavy atom. The van der Waals surface area contributed by atoms with E-state index in [4.69, 9.17) is 5.14 Å². The fourth-order valence-electron chi connectivity index (χ4n) is 3.21. The molecule has 1 atom stereocenters. The van der Waals surface area contributed by atoms with Crippen LogP contribution in [-0.2, 0) is 14.8 Å². The van der Waals surface area contributed by atoms with Crippen LogP contribution in [-0.4, -0.2) is 42.6 Å². The number of sulfonamides is 1. The summed E-state index contributed by atoms with van der Waals surface area (Å²) in [5.41, 5.74) is 3.69. The van der Waals surface area contributed by atoms with Crippen LogP contribution < -0.4 is 10.5 Å². The van der Waals surface area contributed by atoms with E-state index in [0.29, 0.717) is 5.82 Å². The zero-order valence-electron chi connectivity index (χ0n) is 18.0. The minimum absolute atomic E-state index is 0.0589. The van der Waals surface area contributed by atoms with Crippen molar-refractivity contribution < 1.29 is 13.2 Å². The number of nitrogens with two attached hydrogens (primary N) is 1. The quantitative estimate of drug-likeness (QED) is 0.586. The standard InChI is InChI=1S/C22H27N5O3S/c1-15-5-9-19(10-6-15)27-21(13-16(2)25-27)24-22(28)14-26(4)17(3)18-7-11-20(12-8-18)31(23,29)30/h5-13,17H,14H2,1-4H3,(H,24,28)(H2,23,29,30). The molecule has 1 unspecified atom stereocenters. The maximum absolute atomic E-state index is 12.7. The molecule has 0 bridgehead atoms. The van der Waals surface area contributed by atoms with Gasteiger partial charge in [0.2, 0.25) is 15.9 Å². The Balaban J connectivity index is 1.69. The van der Waals surface area contributed by atoms with Crippen LogP contribution in [0.15, 0.2) is 59.5 Å². The molecule has 1 heterocycles. The van der Waals surface area contributed by atoms with Crippen LogP contribution in [0.25, 0.3) is 5.69 Å². The molecule has 9 heteroatoms. The van der Waals surface area contributed by atoms with E-state index in [9.17, 15) is 13.2 Å². The summed E-state index contributed by atoms with van der Waals surface area (Å²) in [4.78, 5) is 14.6. The molecule has 0 radical (unpaired) electrons. The summed E-state index contributed by atoms with van der Waals surface area (Å²) in [5, 5.41) is 12.6. The molecular formula is C22H27N5O3S. The highest BCUT2D eigenvalue weighted by atomic mass is 32.2. The molecule has 1 amide bonds. The second-order valence-electron chi connectivity index (χ2n) is 7.67. The fraction of sp³-hybridized carbons (Fsp3) is 0.273. The number of carbonyl (C=O) groups excluding carboxylic acids is 1. The SMILES string of the molecule is Cc1ccc(-n2nc(C)cc2NC(=O)CN(C)C(C)c2ccc(S(N)(=O)=O)cc2)cc1. The minimum atomic E-state index is -3.73. The van der Waals surface area contributed by atoms with Crippen molar-refractivity contribution in [3.63, 3.8) is 0 Å². The zero-order chi connectivity index (χ0) is 22.8. The van der Waals surface area contributed by atoms with Gasteiger partial charge in [-0.15, -0.1) is 0 Å². The highest BCUT2D eigenvalue weighted by Crippen LogP contribution is 2.21. The number of carbonyl (C=O) groups is 1. The number of primary sulfonamides is 1. The Bertz CT molecular complexity index is 1170. The second-order valence-corrected chi connectivity index (χ2v) is 9.23. The van der Waals surface area contributed by atoms with Gasteiger partial charge in [0.15, 0.2) is 0 Å². The number of likely N-dealkylation sites (N-methyl/N-ethyl adjacent to an activating group) is 1. The van der Waals surface area contributed by atoms with Crippen molar-refractivity contribution in [2.45, 2.75) is 31.7 Å². The van der Waals surface area contributed by atoms with Gasteiger partial charge in [0, 0.05) is 12.1 Å². The van der Waals surface area contributed by atoms with Crippen LogP contribution in [0.4, 0.5) is 5.82 Å². The largest absolute Gasteiger partial charge is 0.309 e. The molecular weight excluding hydrogens is 414 g/mol. The summed E-state index contributed by atoms with van der Waals surface area (Å²) in [6.45, 7) is 5.98. The Morgan fingerprint density at radius 3 is 2.32 bits per heavy atom. The molecule has 3 N–H and O–H groups in total. The van der Waals surface area contributed by atoms with Gasteiger partial charge < -0.3 is 5.32 Å². The van der Waals surface area contributed by atoms with Gasteiger partial charge in [0.1, 0.15) is 5.82 Å². The molecule has 0 saturated heterocycles. The van der Waals surface area contributed by atoms with Crippen molar-refractivity contribution >= 4 is 21.7 Å². The summed E-state index contributed by atoms with van der Waals surface area (Å²) in [6, 6.07) is 16.0. The maximum atomic E-state index is 12.7. The van der Waals surface area contributed by atoms with Gasteiger partial charge >= 0.3 is 0 Å². The van der Waals surface area contributed by atoms with Gasteiger partial charge in [0.05, 0.1) is 22.8 Å². The van der Waals surface area contributed by atoms with Gasteiger partial charge in [-0.25, -0.2) is 18.2 Å². The van der Waals surface area contributed by atoms with E-state index in [1.54, 1.807) is 16.8 Å². The fourth-order valence-corrected chi connectivity index (χ4v) is 3.72. The number of anilines is 1. The van der Waals surface area contributed by atoms with Gasteiger partial charge in [0.25, 0.3) is 0 Å². The van der Waals surface area contributed by atoms with E-state index in [0.717, 1.165) is 22.5 Å². The van der Waals surface area contributed by atoms with Crippen LogP contribution >= 0.6 is 0 Å². The number of hydrogen-bond donors (Lipinski definition) is 2. The van der Waals surface area contributed by atoms with Crippen molar-refractivity contribution in [1.82, 2.24) is 14.7 Å². The first-order chi connectivity index (χ1) is 14.5. The predicted octanol–water partition coefficient (Wildman–Crippen LogP) is 2.77. The average molecular weight is 442 g/mol. The van der Waals surface area contributed by atoms with Gasteiger partial charge in [-0.2, -0.15) is 5.10 Å². The monoisotopic (exact) mass is 441 g/mol. The van der Waals surface area contributed by atoms with Crippen molar-refractivity contribution in [2.75, 3.05) is 18.9 Å². The van der Waals surface area contributed by atoms with E-state index in [1.165, 1.54) is 12.1 Å². The van der Waals surface area contributed by atoms with E-state index in [1.807, 2.05) is 63.1 Å². The number of amides is 1. The molecule has 0 aliphatic heterocycles. The third-order valence-electron chi connectivity index (χ3n) is 5.12. The number of nitrogens with zero attached hydrogens (tertiary/aromatic N) is 3. The Labute approximate surface area is 182 Å². The van der Waals surface area contributed by atoms with E-state index in [2.05, 4.69) is 10.4 Å². The number of aryl methyl sites for hydroxylation is 2. The lowest BCUT2D eigenvalue weighted by Crippen LogP contribution is -2.32. The van der Waals surface area contributed by atoms with Gasteiger partial charge in [-0.3, -0.25) is 9.69 Å². The molecule has 31 heavy (non-hydrogen) atoms. The van der Waals surface area contributed by atoms with Crippen molar-refractivity contribution in [3.8, 4) is 5.69 Å². The van der Waals surface area contributed by atoms with Crippen LogP contribution in [0.3, 0.4) is 0 Å². The minimum Gasteiger partial charge on any atom is -0.309 e. The number of nitrogens with one attached hydrogen (secondary N) is 1. The first-order valence-electron chi connectivity index (χ1n) is 9.81. The zero-order valence-corrected chi connectivity index (χ0v) is 18.8. The van der Waals surface area contributed by atoms with Crippen LogP contribution in [0.2, 0.25) is 0 Å². The molecule has 1 aromatic heterocycles. The van der Waals surface area contributed by atoms with Crippen LogP contribution in [0.5, 0.6) is 0 Å². The molecule has 0 saturated carbocycles. The molecule has 3 aromatic rings. The number of aromatic nitrogens is 2. The lowest BCUT2D eigenvalue weighted by molar-refractivity contribution is -0.117. The van der Waals surface area contributed by atoms with Crippen LogP contribution in [0.1, 0.15) is 29.8 Å². The Morgan fingerprint density at radius 2 is 1.74 bits per heavy atom. The number of hydrogen-bond acceptors (Lipinski definition) is 5. The first kappa shape index (κ1) is 22.7. The summed E-state index contributed by atoms with van der Waals surface area (Å²) in [6.07, 6.45) is 0. The highest BCUT2D eigenvalue weighted by molar-refractivity contribution is 7.89. The average Bonchev–Trinajstić information content (AvgIpc) is 3.07. The highest BCUT2D eigenvalue weighted by Gasteiger charge is 2.18. The van der Waals surface area contributed by atoms with Gasteiger partial charge in [-0.05, 0) is 57.6 Å². The predicted molar refractivity (Wildman–Crippen MR) is 121 cm³/mol. The number of rotatable bonds is 7. The third-order valence-corrected chi connectivity index (χ3v) is 6.05. The third kappa shape index (κ3) is 5.57. The second kappa shape index (κ2) is 9.01. The summed E-state index contributed by atoms with van der Waals surface area (Å²) in [5.74, 6) is 0.425. The maximum Gasteiger partial charge on any atom is 0.239 e. The van der Waals surface area contributed by atoms with E-state index >= 15 is 0 Å². The van der Waals surface area contributed by atoms with Crippen LogP contribution in [0, 0.1) is 13.8 Å². The molecule has 3 rings (SSSR count). The summed E-state index contributed by atoms with van der Waals surface area (Å²) >= 11 is 0. The topological polar surface area (TPSA) is 110 Å². The van der Waals surface area contributed by atoms with E-state index in [-0.39, 0.29) is 23.4 Å². The normalized spacial score (nSPS) is 12.7. The smallest absolute Gasteiger partial charge is 0.239 e. The summed E-state index contributed by atoms with van der Waals surface area (Å²) < 4.78 is 24.6. The molecule has 0 spiro atoms. The molecule has 0 aliphatic carbocycles. The Kier molecular flexibility index (Phi) is 6.59. The molecule has 8 nitrogen and oxygen atoms in total. The van der Waals surface area contributed by atoms with Crippen molar-refractivity contribution in [1.29, 1.82) is 0 Å².